The first-order valence-electron chi connectivity index (χ1n) is 4.08. The summed E-state index contributed by atoms with van der Waals surface area (Å²) in [6.45, 7) is 0. The van der Waals surface area contributed by atoms with Gasteiger partial charge in [0.2, 0.25) is 0 Å². The van der Waals surface area contributed by atoms with Crippen molar-refractivity contribution in [2.45, 2.75) is 0 Å². The van der Waals surface area contributed by atoms with Crippen molar-refractivity contribution < 1.29 is 10.0 Å². The summed E-state index contributed by atoms with van der Waals surface area (Å²) in [6, 6.07) is 7.35. The van der Waals surface area contributed by atoms with Gasteiger partial charge in [0.1, 0.15) is 0 Å². The largest absolute Gasteiger partial charge is 0.490 e. The minimum absolute atomic E-state index is 0.399. The molecule has 5 heteroatoms. The number of aromatic nitrogens is 1. The molecule has 14 heavy (non-hydrogen) atoms. The predicted molar refractivity (Wildman–Crippen MR) is 59.3 cm³/mol. The Morgan fingerprint density at radius 1 is 1.21 bits per heavy atom. The van der Waals surface area contributed by atoms with Crippen molar-refractivity contribution in [3.63, 3.8) is 0 Å². The lowest BCUT2D eigenvalue weighted by Crippen LogP contribution is -2.29. The number of nitrogens with zero attached hydrogens (tertiary/aromatic N) is 1. The Labute approximate surface area is 89.7 Å². The zero-order valence-electron chi connectivity index (χ0n) is 7.18. The third-order valence-corrected chi connectivity index (χ3v) is 2.46. The monoisotopic (exact) mass is 251 g/mol. The van der Waals surface area contributed by atoms with Gasteiger partial charge < -0.3 is 10.0 Å². The van der Waals surface area contributed by atoms with Gasteiger partial charge in [0.15, 0.2) is 0 Å². The van der Waals surface area contributed by atoms with Crippen LogP contribution in [0, 0.1) is 0 Å². The molecule has 0 amide bonds. The van der Waals surface area contributed by atoms with Crippen molar-refractivity contribution in [1.82, 2.24) is 4.98 Å². The van der Waals surface area contributed by atoms with Crippen LogP contribution >= 0.6 is 15.9 Å². The van der Waals surface area contributed by atoms with Gasteiger partial charge in [-0.15, -0.1) is 0 Å². The van der Waals surface area contributed by atoms with Crippen LogP contribution in [0.5, 0.6) is 0 Å². The maximum atomic E-state index is 8.96. The quantitative estimate of drug-likeness (QED) is 0.733. The van der Waals surface area contributed by atoms with E-state index in [4.69, 9.17) is 10.0 Å². The van der Waals surface area contributed by atoms with E-state index in [1.807, 2.05) is 18.2 Å². The maximum absolute atomic E-state index is 8.96. The molecule has 1 heterocycles. The number of hydrogen-bond donors (Lipinski definition) is 2. The third-order valence-electron chi connectivity index (χ3n) is 1.96. The third kappa shape index (κ3) is 1.80. The molecule has 0 atom stereocenters. The van der Waals surface area contributed by atoms with Crippen molar-refractivity contribution in [2.24, 2.45) is 0 Å². The second kappa shape index (κ2) is 3.69. The fourth-order valence-corrected chi connectivity index (χ4v) is 1.64. The highest BCUT2D eigenvalue weighted by atomic mass is 79.9. The van der Waals surface area contributed by atoms with E-state index >= 15 is 0 Å². The van der Waals surface area contributed by atoms with Crippen LogP contribution in [-0.4, -0.2) is 22.2 Å². The summed E-state index contributed by atoms with van der Waals surface area (Å²) in [5, 5.41) is 18.8. The Balaban J connectivity index is 2.63. The first kappa shape index (κ1) is 9.64. The molecule has 1 aromatic heterocycles. The van der Waals surface area contributed by atoms with E-state index in [2.05, 4.69) is 20.9 Å². The Kier molecular flexibility index (Phi) is 2.54. The van der Waals surface area contributed by atoms with E-state index in [0.29, 0.717) is 5.46 Å². The second-order valence-corrected chi connectivity index (χ2v) is 3.90. The van der Waals surface area contributed by atoms with Gasteiger partial charge in [0.05, 0.1) is 5.52 Å². The summed E-state index contributed by atoms with van der Waals surface area (Å²) in [6.07, 6.45) is 1.46. The number of hydrogen-bond acceptors (Lipinski definition) is 3. The topological polar surface area (TPSA) is 53.4 Å². The Morgan fingerprint density at radius 3 is 2.71 bits per heavy atom. The molecule has 0 bridgehead atoms. The number of rotatable bonds is 1. The molecule has 0 fully saturated rings. The van der Waals surface area contributed by atoms with Gasteiger partial charge in [-0.1, -0.05) is 22.0 Å². The zero-order chi connectivity index (χ0) is 10.1. The number of benzene rings is 1. The summed E-state index contributed by atoms with van der Waals surface area (Å²) in [4.78, 5) is 4.10. The van der Waals surface area contributed by atoms with E-state index < -0.39 is 7.12 Å². The van der Waals surface area contributed by atoms with Crippen molar-refractivity contribution in [3.8, 4) is 0 Å². The average Bonchev–Trinajstić information content (AvgIpc) is 2.16. The number of pyridine rings is 1. The summed E-state index contributed by atoms with van der Waals surface area (Å²) in [5.74, 6) is 0. The summed E-state index contributed by atoms with van der Waals surface area (Å²) < 4.78 is 0.941. The molecule has 1 aromatic carbocycles. The second-order valence-electron chi connectivity index (χ2n) is 2.98. The van der Waals surface area contributed by atoms with Crippen molar-refractivity contribution in [3.05, 3.63) is 34.9 Å². The van der Waals surface area contributed by atoms with E-state index in [1.165, 1.54) is 6.20 Å². The first-order valence-corrected chi connectivity index (χ1v) is 4.87. The van der Waals surface area contributed by atoms with Crippen LogP contribution in [0.15, 0.2) is 34.9 Å². The number of fused-ring (bicyclic) bond motifs is 1. The molecule has 0 unspecified atom stereocenters. The highest BCUT2D eigenvalue weighted by molar-refractivity contribution is 9.10. The summed E-state index contributed by atoms with van der Waals surface area (Å²) in [7, 11) is -1.47. The van der Waals surface area contributed by atoms with E-state index in [1.54, 1.807) is 6.07 Å². The molecule has 3 nitrogen and oxygen atoms in total. The van der Waals surface area contributed by atoms with Gasteiger partial charge in [-0.2, -0.15) is 0 Å². The van der Waals surface area contributed by atoms with Gasteiger partial charge in [-0.3, -0.25) is 4.98 Å². The molecule has 0 spiro atoms. The molecule has 0 radical (unpaired) electrons. The fourth-order valence-electron chi connectivity index (χ4n) is 1.26. The lowest BCUT2D eigenvalue weighted by atomic mass is 9.81. The summed E-state index contributed by atoms with van der Waals surface area (Å²) in [5.41, 5.74) is 1.23. The van der Waals surface area contributed by atoms with Gasteiger partial charge in [-0.25, -0.2) is 0 Å². The molecule has 2 N–H and O–H groups in total. The van der Waals surface area contributed by atoms with Crippen molar-refractivity contribution in [1.29, 1.82) is 0 Å². The maximum Gasteiger partial charge on any atom is 0.490 e. The molecule has 0 aliphatic carbocycles. The van der Waals surface area contributed by atoms with Crippen LogP contribution < -0.4 is 5.46 Å². The predicted octanol–water partition coefficient (Wildman–Crippen LogP) is 0.677. The average molecular weight is 252 g/mol. The van der Waals surface area contributed by atoms with Crippen LogP contribution in [0.25, 0.3) is 10.9 Å². The van der Waals surface area contributed by atoms with Gasteiger partial charge >= 0.3 is 7.12 Å². The molecular weight excluding hydrogens is 245 g/mol. The molecule has 2 aromatic rings. The van der Waals surface area contributed by atoms with E-state index in [-0.39, 0.29) is 0 Å². The zero-order valence-corrected chi connectivity index (χ0v) is 8.77. The number of halogens is 1. The standard InChI is InChI=1S/C9H7BBrNO2/c11-8-1-2-9-6(4-8)3-7(5-12-9)10(13)14/h1-5,13-14H. The van der Waals surface area contributed by atoms with E-state index in [9.17, 15) is 0 Å². The lowest BCUT2D eigenvalue weighted by Gasteiger charge is -2.01. The molecule has 2 rings (SSSR count). The summed E-state index contributed by atoms with van der Waals surface area (Å²) >= 11 is 3.34. The first-order chi connectivity index (χ1) is 6.66. The minimum Gasteiger partial charge on any atom is -0.423 e. The molecule has 0 aliphatic heterocycles. The van der Waals surface area contributed by atoms with Gasteiger partial charge in [-0.05, 0) is 18.2 Å². The van der Waals surface area contributed by atoms with Gasteiger partial charge in [0, 0.05) is 21.5 Å². The van der Waals surface area contributed by atoms with Crippen LogP contribution in [0.1, 0.15) is 0 Å². The molecule has 0 aliphatic rings. The Bertz CT molecular complexity index is 475. The van der Waals surface area contributed by atoms with Crippen molar-refractivity contribution in [2.75, 3.05) is 0 Å². The Hall–Kier alpha value is -0.905. The SMILES string of the molecule is OB(O)c1cnc2ccc(Br)cc2c1. The molecule has 70 valence electrons. The molecule has 0 saturated carbocycles. The molecule has 0 saturated heterocycles. The van der Waals surface area contributed by atoms with E-state index in [0.717, 1.165) is 15.4 Å². The smallest absolute Gasteiger partial charge is 0.423 e. The van der Waals surface area contributed by atoms with Gasteiger partial charge in [0.25, 0.3) is 0 Å². The minimum atomic E-state index is -1.47. The molecular formula is C9H7BBrNO2. The van der Waals surface area contributed by atoms with Crippen LogP contribution in [-0.2, 0) is 0 Å². The van der Waals surface area contributed by atoms with Crippen LogP contribution in [0.2, 0.25) is 0 Å². The lowest BCUT2D eigenvalue weighted by molar-refractivity contribution is 0.425. The van der Waals surface area contributed by atoms with Crippen molar-refractivity contribution >= 4 is 39.4 Å². The highest BCUT2D eigenvalue weighted by Gasteiger charge is 2.11. The van der Waals surface area contributed by atoms with Crippen LogP contribution in [0.4, 0.5) is 0 Å². The normalized spacial score (nSPS) is 10.5. The Morgan fingerprint density at radius 2 is 2.00 bits per heavy atom. The highest BCUT2D eigenvalue weighted by Crippen LogP contribution is 2.16. The van der Waals surface area contributed by atoms with Crippen LogP contribution in [0.3, 0.4) is 0 Å². The fraction of sp³-hybridized carbons (Fsp3) is 0.